The van der Waals surface area contributed by atoms with E-state index in [-0.39, 0.29) is 6.03 Å². The molecule has 1 aromatic rings. The van der Waals surface area contributed by atoms with Gasteiger partial charge in [-0.2, -0.15) is 0 Å². The van der Waals surface area contributed by atoms with Gasteiger partial charge in [0.25, 0.3) is 0 Å². The first kappa shape index (κ1) is 14.9. The highest BCUT2D eigenvalue weighted by molar-refractivity contribution is 5.74. The lowest BCUT2D eigenvalue weighted by molar-refractivity contribution is -0.0173. The lowest BCUT2D eigenvalue weighted by Crippen LogP contribution is -2.51. The number of hydrogen-bond donors (Lipinski definition) is 2. The van der Waals surface area contributed by atoms with Crippen molar-refractivity contribution < 1.29 is 9.90 Å². The molecule has 3 atom stereocenters. The quantitative estimate of drug-likeness (QED) is 0.880. The number of rotatable bonds is 2. The molecule has 5 heteroatoms. The van der Waals surface area contributed by atoms with E-state index in [4.69, 9.17) is 0 Å². The number of nitrogens with zero attached hydrogens (tertiary/aromatic N) is 2. The molecule has 124 valence electrons. The molecule has 4 rings (SSSR count). The van der Waals surface area contributed by atoms with Crippen LogP contribution >= 0.6 is 0 Å². The number of nitrogens with one attached hydrogen (secondary N) is 1. The zero-order valence-corrected chi connectivity index (χ0v) is 13.4. The summed E-state index contributed by atoms with van der Waals surface area (Å²) in [6, 6.07) is 4.19. The number of aromatic nitrogens is 1. The molecule has 0 unspecified atom stereocenters. The van der Waals surface area contributed by atoms with Crippen LogP contribution in [-0.4, -0.2) is 40.2 Å². The highest BCUT2D eigenvalue weighted by atomic mass is 16.3. The smallest absolute Gasteiger partial charge is 0.317 e. The molecule has 2 aliphatic carbocycles. The van der Waals surface area contributed by atoms with Crippen LogP contribution in [0.4, 0.5) is 4.79 Å². The first-order chi connectivity index (χ1) is 11.1. The summed E-state index contributed by atoms with van der Waals surface area (Å²) in [6.45, 7) is 1.19. The monoisotopic (exact) mass is 315 g/mol. The summed E-state index contributed by atoms with van der Waals surface area (Å²) in [5.74, 6) is 1.53. The normalized spacial score (nSPS) is 32.0. The third kappa shape index (κ3) is 2.82. The van der Waals surface area contributed by atoms with Crippen LogP contribution < -0.4 is 5.32 Å². The van der Waals surface area contributed by atoms with E-state index in [1.807, 2.05) is 17.0 Å². The van der Waals surface area contributed by atoms with E-state index in [1.165, 1.54) is 19.3 Å². The number of urea groups is 1. The number of carbonyl (C=O) groups is 1. The van der Waals surface area contributed by atoms with E-state index < -0.39 is 5.60 Å². The summed E-state index contributed by atoms with van der Waals surface area (Å²) in [5, 5.41) is 14.1. The van der Waals surface area contributed by atoms with Crippen molar-refractivity contribution in [3.05, 3.63) is 30.1 Å². The van der Waals surface area contributed by atoms with Gasteiger partial charge in [-0.3, -0.25) is 4.98 Å². The minimum atomic E-state index is -0.850. The zero-order chi connectivity index (χ0) is 15.9. The zero-order valence-electron chi connectivity index (χ0n) is 13.4. The number of piperidine rings is 1. The molecule has 0 spiro atoms. The van der Waals surface area contributed by atoms with Crippen LogP contribution in [-0.2, 0) is 5.60 Å². The summed E-state index contributed by atoms with van der Waals surface area (Å²) in [6.07, 6.45) is 9.66. The van der Waals surface area contributed by atoms with Crippen LogP contribution in [0.25, 0.3) is 0 Å². The number of likely N-dealkylation sites (tertiary alicyclic amines) is 1. The Morgan fingerprint density at radius 1 is 1.30 bits per heavy atom. The Balaban J connectivity index is 1.33. The molecule has 3 fully saturated rings. The average molecular weight is 315 g/mol. The summed E-state index contributed by atoms with van der Waals surface area (Å²) < 4.78 is 0. The molecule has 2 heterocycles. The third-order valence-corrected chi connectivity index (χ3v) is 6.12. The van der Waals surface area contributed by atoms with E-state index >= 15 is 0 Å². The molecular formula is C18H25N3O2. The van der Waals surface area contributed by atoms with E-state index in [9.17, 15) is 9.90 Å². The van der Waals surface area contributed by atoms with Gasteiger partial charge in [0.05, 0.1) is 5.60 Å². The van der Waals surface area contributed by atoms with Crippen molar-refractivity contribution in [2.45, 2.75) is 50.2 Å². The fraction of sp³-hybridized carbons (Fsp3) is 0.667. The molecule has 1 saturated heterocycles. The highest BCUT2D eigenvalue weighted by Gasteiger charge is 2.41. The molecule has 2 saturated carbocycles. The Morgan fingerprint density at radius 3 is 2.74 bits per heavy atom. The SMILES string of the molecule is O=C(N[C@@H]1C[C@H]2CC[C@@H]1C2)N1CCC(O)(c2cccnc2)CC1. The number of pyridine rings is 1. The molecule has 1 aliphatic heterocycles. The molecule has 23 heavy (non-hydrogen) atoms. The largest absolute Gasteiger partial charge is 0.385 e. The minimum Gasteiger partial charge on any atom is -0.385 e. The Labute approximate surface area is 137 Å². The maximum Gasteiger partial charge on any atom is 0.317 e. The van der Waals surface area contributed by atoms with Crippen molar-refractivity contribution in [2.75, 3.05) is 13.1 Å². The number of aliphatic hydroxyl groups is 1. The Morgan fingerprint density at radius 2 is 2.13 bits per heavy atom. The predicted octanol–water partition coefficient (Wildman–Crippen LogP) is 2.26. The average Bonchev–Trinajstić information content (AvgIpc) is 3.19. The maximum atomic E-state index is 12.5. The molecule has 2 N–H and O–H groups in total. The molecule has 0 aromatic carbocycles. The minimum absolute atomic E-state index is 0.0517. The fourth-order valence-corrected chi connectivity index (χ4v) is 4.68. The summed E-state index contributed by atoms with van der Waals surface area (Å²) in [4.78, 5) is 18.5. The molecule has 2 bridgehead atoms. The van der Waals surface area contributed by atoms with Gasteiger partial charge < -0.3 is 15.3 Å². The van der Waals surface area contributed by atoms with Gasteiger partial charge in [-0.25, -0.2) is 4.79 Å². The standard InChI is InChI=1S/C18H25N3O2/c22-17(20-16-11-13-3-4-14(16)10-13)21-8-5-18(23,6-9-21)15-2-1-7-19-12-15/h1-2,7,12-14,16,23H,3-6,8-11H2,(H,20,22)/t13-,14+,16+/m0/s1. The number of amides is 2. The lowest BCUT2D eigenvalue weighted by atomic mass is 9.85. The second kappa shape index (κ2) is 5.78. The van der Waals surface area contributed by atoms with Crippen molar-refractivity contribution in [1.82, 2.24) is 15.2 Å². The van der Waals surface area contributed by atoms with Gasteiger partial charge in [-0.15, -0.1) is 0 Å². The van der Waals surface area contributed by atoms with Gasteiger partial charge in [0.1, 0.15) is 0 Å². The van der Waals surface area contributed by atoms with Crippen molar-refractivity contribution >= 4 is 6.03 Å². The van der Waals surface area contributed by atoms with Gasteiger partial charge in [0, 0.05) is 37.1 Å². The summed E-state index contributed by atoms with van der Waals surface area (Å²) >= 11 is 0. The molecule has 2 amide bonds. The second-order valence-electron chi connectivity index (χ2n) is 7.49. The first-order valence-electron chi connectivity index (χ1n) is 8.82. The highest BCUT2D eigenvalue weighted by Crippen LogP contribution is 2.44. The molecule has 0 radical (unpaired) electrons. The number of hydrogen-bond acceptors (Lipinski definition) is 3. The fourth-order valence-electron chi connectivity index (χ4n) is 4.68. The number of carbonyl (C=O) groups excluding carboxylic acids is 1. The van der Waals surface area contributed by atoms with Gasteiger partial charge in [-0.1, -0.05) is 12.5 Å². The van der Waals surface area contributed by atoms with Crippen LogP contribution in [0.5, 0.6) is 0 Å². The topological polar surface area (TPSA) is 65.5 Å². The van der Waals surface area contributed by atoms with Gasteiger partial charge in [-0.05, 0) is 50.0 Å². The van der Waals surface area contributed by atoms with Crippen LogP contribution in [0.3, 0.4) is 0 Å². The van der Waals surface area contributed by atoms with Crippen molar-refractivity contribution in [2.24, 2.45) is 11.8 Å². The molecule has 1 aromatic heterocycles. The van der Waals surface area contributed by atoms with Crippen molar-refractivity contribution in [1.29, 1.82) is 0 Å². The van der Waals surface area contributed by atoms with Gasteiger partial charge in [0.15, 0.2) is 0 Å². The second-order valence-corrected chi connectivity index (χ2v) is 7.49. The van der Waals surface area contributed by atoms with Crippen LogP contribution in [0.2, 0.25) is 0 Å². The van der Waals surface area contributed by atoms with Crippen LogP contribution in [0, 0.1) is 11.8 Å². The van der Waals surface area contributed by atoms with E-state index in [2.05, 4.69) is 10.3 Å². The molecular weight excluding hydrogens is 290 g/mol. The third-order valence-electron chi connectivity index (χ3n) is 6.12. The van der Waals surface area contributed by atoms with E-state index in [0.29, 0.717) is 37.9 Å². The van der Waals surface area contributed by atoms with Crippen LogP contribution in [0.1, 0.15) is 44.1 Å². The van der Waals surface area contributed by atoms with E-state index in [1.54, 1.807) is 12.4 Å². The first-order valence-corrected chi connectivity index (χ1v) is 8.82. The Bertz CT molecular complexity index is 569. The van der Waals surface area contributed by atoms with E-state index in [0.717, 1.165) is 17.9 Å². The van der Waals surface area contributed by atoms with Crippen LogP contribution in [0.15, 0.2) is 24.5 Å². The van der Waals surface area contributed by atoms with Gasteiger partial charge >= 0.3 is 6.03 Å². The molecule has 5 nitrogen and oxygen atoms in total. The summed E-state index contributed by atoms with van der Waals surface area (Å²) in [7, 11) is 0. The predicted molar refractivity (Wildman–Crippen MR) is 86.7 cm³/mol. The summed E-state index contributed by atoms with van der Waals surface area (Å²) in [5.41, 5.74) is 0.00504. The van der Waals surface area contributed by atoms with Crippen molar-refractivity contribution in [3.63, 3.8) is 0 Å². The molecule has 3 aliphatic rings. The Hall–Kier alpha value is -1.62. The van der Waals surface area contributed by atoms with Crippen molar-refractivity contribution in [3.8, 4) is 0 Å². The Kier molecular flexibility index (Phi) is 3.76. The van der Waals surface area contributed by atoms with Gasteiger partial charge in [0.2, 0.25) is 0 Å². The lowest BCUT2D eigenvalue weighted by Gasteiger charge is -2.39. The maximum absolute atomic E-state index is 12.5. The number of fused-ring (bicyclic) bond motifs is 2.